The van der Waals surface area contributed by atoms with E-state index in [1.165, 1.54) is 7.11 Å². The van der Waals surface area contributed by atoms with Crippen molar-refractivity contribution in [3.8, 4) is 0 Å². The van der Waals surface area contributed by atoms with Crippen LogP contribution in [0.3, 0.4) is 0 Å². The first-order valence-corrected chi connectivity index (χ1v) is 3.94. The summed E-state index contributed by atoms with van der Waals surface area (Å²) in [6.45, 7) is 2.28. The van der Waals surface area contributed by atoms with Crippen molar-refractivity contribution in [3.63, 3.8) is 0 Å². The number of carbonyl (C=O) groups is 1. The summed E-state index contributed by atoms with van der Waals surface area (Å²) < 4.78 is 16.4. The molecule has 0 aliphatic rings. The molecular weight excluding hydrogens is 161 g/mol. The lowest BCUT2D eigenvalue weighted by molar-refractivity contribution is -0.145. The van der Waals surface area contributed by atoms with E-state index < -0.39 is 0 Å². The topological polar surface area (TPSA) is 29.5 Å². The van der Waals surface area contributed by atoms with Crippen LogP contribution in [0, 0.1) is 5.92 Å². The third-order valence-electron chi connectivity index (χ3n) is 1.66. The van der Waals surface area contributed by atoms with E-state index >= 15 is 0 Å². The number of methoxy groups -OCH3 is 1. The molecule has 0 saturated carbocycles. The van der Waals surface area contributed by atoms with Gasteiger partial charge < -0.3 is 9.64 Å². The number of rotatable bonds is 5. The molecule has 0 heterocycles. The van der Waals surface area contributed by atoms with Gasteiger partial charge in [-0.1, -0.05) is 6.92 Å². The monoisotopic (exact) mass is 177 g/mol. The molecule has 0 amide bonds. The van der Waals surface area contributed by atoms with Crippen LogP contribution in [0.25, 0.3) is 0 Å². The predicted octanol–water partition coefficient (Wildman–Crippen LogP) is 0.697. The molecule has 0 aromatic rings. The summed E-state index contributed by atoms with van der Waals surface area (Å²) in [6.07, 6.45) is 0. The van der Waals surface area contributed by atoms with E-state index in [4.69, 9.17) is 0 Å². The summed E-state index contributed by atoms with van der Waals surface area (Å²) in [7, 11) is 3.13. The van der Waals surface area contributed by atoms with Crippen molar-refractivity contribution < 1.29 is 13.9 Å². The van der Waals surface area contributed by atoms with Gasteiger partial charge in [-0.25, -0.2) is 4.39 Å². The number of esters is 1. The third kappa shape index (κ3) is 4.28. The molecule has 3 nitrogen and oxygen atoms in total. The van der Waals surface area contributed by atoms with E-state index in [9.17, 15) is 9.18 Å². The summed E-state index contributed by atoms with van der Waals surface area (Å²) in [4.78, 5) is 12.7. The van der Waals surface area contributed by atoms with Gasteiger partial charge in [-0.3, -0.25) is 4.79 Å². The molecular formula is C8H16FNO2. The lowest BCUT2D eigenvalue weighted by atomic mass is 10.2. The van der Waals surface area contributed by atoms with Crippen molar-refractivity contribution in [1.82, 2.24) is 4.90 Å². The van der Waals surface area contributed by atoms with E-state index in [-0.39, 0.29) is 18.6 Å². The first kappa shape index (κ1) is 11.4. The van der Waals surface area contributed by atoms with Crippen molar-refractivity contribution in [2.24, 2.45) is 5.92 Å². The van der Waals surface area contributed by atoms with E-state index in [2.05, 4.69) is 4.74 Å². The minimum absolute atomic E-state index is 0.188. The lowest BCUT2D eigenvalue weighted by Gasteiger charge is -2.17. The van der Waals surface area contributed by atoms with Gasteiger partial charge in [0.05, 0.1) is 13.0 Å². The average Bonchev–Trinajstić information content (AvgIpc) is 2.03. The van der Waals surface area contributed by atoms with Gasteiger partial charge in [0.15, 0.2) is 0 Å². The molecule has 0 spiro atoms. The average molecular weight is 177 g/mol. The van der Waals surface area contributed by atoms with Crippen molar-refractivity contribution in [1.29, 1.82) is 0 Å². The Morgan fingerprint density at radius 3 is 2.67 bits per heavy atom. The number of hydrogen-bond donors (Lipinski definition) is 0. The van der Waals surface area contributed by atoms with Gasteiger partial charge >= 0.3 is 5.97 Å². The van der Waals surface area contributed by atoms with Crippen LogP contribution in [0.15, 0.2) is 0 Å². The molecule has 12 heavy (non-hydrogen) atoms. The number of alkyl halides is 1. The second-order valence-corrected chi connectivity index (χ2v) is 2.88. The van der Waals surface area contributed by atoms with Gasteiger partial charge in [-0.2, -0.15) is 0 Å². The number of ether oxygens (including phenoxy) is 1. The zero-order chi connectivity index (χ0) is 9.56. The minimum atomic E-state index is -0.385. The van der Waals surface area contributed by atoms with Gasteiger partial charge in [0.25, 0.3) is 0 Å². The fourth-order valence-electron chi connectivity index (χ4n) is 0.979. The summed E-state index contributed by atoms with van der Waals surface area (Å²) in [5, 5.41) is 0. The van der Waals surface area contributed by atoms with Crippen molar-refractivity contribution in [2.75, 3.05) is 33.9 Å². The second kappa shape index (κ2) is 5.94. The molecule has 0 aromatic carbocycles. The summed E-state index contributed by atoms with van der Waals surface area (Å²) in [6, 6.07) is 0. The molecule has 0 radical (unpaired) electrons. The molecule has 0 rings (SSSR count). The first-order chi connectivity index (χ1) is 5.61. The van der Waals surface area contributed by atoms with E-state index in [0.717, 1.165) is 0 Å². The largest absolute Gasteiger partial charge is 0.469 e. The molecule has 0 fully saturated rings. The van der Waals surface area contributed by atoms with Crippen molar-refractivity contribution in [3.05, 3.63) is 0 Å². The van der Waals surface area contributed by atoms with Gasteiger partial charge in [0.2, 0.25) is 0 Å². The van der Waals surface area contributed by atoms with E-state index in [1.807, 2.05) is 0 Å². The zero-order valence-corrected chi connectivity index (χ0v) is 7.84. The smallest absolute Gasteiger partial charge is 0.309 e. The Kier molecular flexibility index (Phi) is 5.62. The SMILES string of the molecule is COC(=O)C(C)CN(C)CCF. The highest BCUT2D eigenvalue weighted by Crippen LogP contribution is 1.99. The summed E-state index contributed by atoms with van der Waals surface area (Å²) in [5.74, 6) is -0.438. The maximum atomic E-state index is 11.8. The fraction of sp³-hybridized carbons (Fsp3) is 0.875. The van der Waals surface area contributed by atoms with Crippen LogP contribution in [0.4, 0.5) is 4.39 Å². The molecule has 0 saturated heterocycles. The number of nitrogens with zero attached hydrogens (tertiary/aromatic N) is 1. The Morgan fingerprint density at radius 2 is 2.25 bits per heavy atom. The molecule has 0 N–H and O–H groups in total. The van der Waals surface area contributed by atoms with Crippen LogP contribution in [-0.4, -0.2) is 44.8 Å². The van der Waals surface area contributed by atoms with Crippen molar-refractivity contribution in [2.45, 2.75) is 6.92 Å². The van der Waals surface area contributed by atoms with Crippen LogP contribution in [0.5, 0.6) is 0 Å². The summed E-state index contributed by atoms with van der Waals surface area (Å²) >= 11 is 0. The zero-order valence-electron chi connectivity index (χ0n) is 7.84. The maximum absolute atomic E-state index is 11.8. The minimum Gasteiger partial charge on any atom is -0.469 e. The Bertz CT molecular complexity index is 141. The van der Waals surface area contributed by atoms with Crippen LogP contribution in [0.2, 0.25) is 0 Å². The number of carbonyl (C=O) groups excluding carboxylic acids is 1. The standard InChI is InChI=1S/C8H16FNO2/c1-7(8(11)12-3)6-10(2)5-4-9/h7H,4-6H2,1-3H3. The molecule has 0 aromatic heterocycles. The van der Waals surface area contributed by atoms with Gasteiger partial charge in [-0.05, 0) is 7.05 Å². The molecule has 0 aliphatic carbocycles. The highest BCUT2D eigenvalue weighted by Gasteiger charge is 2.14. The van der Waals surface area contributed by atoms with Crippen LogP contribution in [0.1, 0.15) is 6.92 Å². The van der Waals surface area contributed by atoms with E-state index in [0.29, 0.717) is 13.1 Å². The first-order valence-electron chi connectivity index (χ1n) is 3.94. The molecule has 4 heteroatoms. The maximum Gasteiger partial charge on any atom is 0.309 e. The van der Waals surface area contributed by atoms with Gasteiger partial charge in [0, 0.05) is 13.1 Å². The highest BCUT2D eigenvalue weighted by molar-refractivity contribution is 5.71. The van der Waals surface area contributed by atoms with E-state index in [1.54, 1.807) is 18.9 Å². The quantitative estimate of drug-likeness (QED) is 0.579. The molecule has 1 unspecified atom stereocenters. The normalized spacial score (nSPS) is 13.1. The predicted molar refractivity (Wildman–Crippen MR) is 44.7 cm³/mol. The fourth-order valence-corrected chi connectivity index (χ4v) is 0.979. The summed E-state index contributed by atoms with van der Waals surface area (Å²) in [5.41, 5.74) is 0. The van der Waals surface area contributed by atoms with Gasteiger partial charge in [0.1, 0.15) is 6.67 Å². The highest BCUT2D eigenvalue weighted by atomic mass is 19.1. The molecule has 72 valence electrons. The van der Waals surface area contributed by atoms with Gasteiger partial charge in [-0.15, -0.1) is 0 Å². The molecule has 1 atom stereocenters. The third-order valence-corrected chi connectivity index (χ3v) is 1.66. The number of hydrogen-bond acceptors (Lipinski definition) is 3. The molecule has 0 bridgehead atoms. The van der Waals surface area contributed by atoms with Crippen LogP contribution in [-0.2, 0) is 9.53 Å². The Hall–Kier alpha value is -0.640. The Morgan fingerprint density at radius 1 is 1.67 bits per heavy atom. The Labute approximate surface area is 72.5 Å². The Balaban J connectivity index is 3.67. The van der Waals surface area contributed by atoms with Crippen LogP contribution < -0.4 is 0 Å². The molecule has 0 aliphatic heterocycles. The second-order valence-electron chi connectivity index (χ2n) is 2.88. The van der Waals surface area contributed by atoms with Crippen molar-refractivity contribution >= 4 is 5.97 Å². The number of halogens is 1. The van der Waals surface area contributed by atoms with Crippen LogP contribution >= 0.6 is 0 Å². The lowest BCUT2D eigenvalue weighted by Crippen LogP contribution is -2.30.